The molecule has 0 bridgehead atoms. The van der Waals surface area contributed by atoms with Crippen LogP contribution >= 0.6 is 0 Å². The Morgan fingerprint density at radius 2 is 2.04 bits per heavy atom. The second-order valence-corrected chi connectivity index (χ2v) is 5.81. The van der Waals surface area contributed by atoms with Gasteiger partial charge in [-0.2, -0.15) is 13.2 Å². The number of carbonyl (C=O) groups excluding carboxylic acids is 1. The average Bonchev–Trinajstić information content (AvgIpc) is 2.51. The minimum absolute atomic E-state index is 0.136. The first-order valence-electron chi connectivity index (χ1n) is 7.49. The Morgan fingerprint density at radius 3 is 2.61 bits per heavy atom. The Labute approximate surface area is 132 Å². The van der Waals surface area contributed by atoms with E-state index in [4.69, 9.17) is 4.74 Å². The summed E-state index contributed by atoms with van der Waals surface area (Å²) >= 11 is 0. The van der Waals surface area contributed by atoms with E-state index < -0.39 is 18.2 Å². The highest BCUT2D eigenvalue weighted by Gasteiger charge is 2.44. The van der Waals surface area contributed by atoms with Crippen molar-refractivity contribution in [3.05, 3.63) is 29.8 Å². The third kappa shape index (κ3) is 4.86. The predicted octanol–water partition coefficient (Wildman–Crippen LogP) is 2.54. The van der Waals surface area contributed by atoms with Gasteiger partial charge in [-0.15, -0.1) is 0 Å². The van der Waals surface area contributed by atoms with Crippen LogP contribution in [-0.2, 0) is 4.79 Å². The molecule has 1 atom stereocenters. The number of nitrogens with zero attached hydrogens (tertiary/aromatic N) is 1. The average molecular weight is 331 g/mol. The van der Waals surface area contributed by atoms with Gasteiger partial charge in [0.05, 0.1) is 0 Å². The minimum Gasteiger partial charge on any atom is -0.484 e. The zero-order valence-electron chi connectivity index (χ0n) is 12.8. The van der Waals surface area contributed by atoms with E-state index in [-0.39, 0.29) is 38.4 Å². The van der Waals surface area contributed by atoms with E-state index >= 15 is 0 Å². The molecule has 0 aromatic heterocycles. The topological polar surface area (TPSA) is 49.8 Å². The Balaban J connectivity index is 1.80. The number of ether oxygens (including phenoxy) is 1. The second-order valence-electron chi connectivity index (χ2n) is 5.81. The Hall–Kier alpha value is -1.76. The number of piperidine rings is 1. The smallest absolute Gasteiger partial charge is 0.414 e. The van der Waals surface area contributed by atoms with E-state index in [1.54, 1.807) is 12.1 Å². The highest BCUT2D eigenvalue weighted by atomic mass is 19.4. The summed E-state index contributed by atoms with van der Waals surface area (Å²) in [6, 6.07) is 7.27. The lowest BCUT2D eigenvalue weighted by molar-refractivity contribution is -0.223. The minimum atomic E-state index is -4.61. The molecule has 1 amide bonds. The summed E-state index contributed by atoms with van der Waals surface area (Å²) in [7, 11) is 0. The van der Waals surface area contributed by atoms with Crippen molar-refractivity contribution >= 4 is 5.91 Å². The fourth-order valence-corrected chi connectivity index (χ4v) is 2.67. The molecule has 2 rings (SSSR count). The number of likely N-dealkylation sites (tertiary alicyclic amines) is 1. The van der Waals surface area contributed by atoms with Crippen LogP contribution in [0.3, 0.4) is 0 Å². The van der Waals surface area contributed by atoms with Crippen molar-refractivity contribution < 1.29 is 27.8 Å². The summed E-state index contributed by atoms with van der Waals surface area (Å²) in [5.41, 5.74) is 1.01. The van der Waals surface area contributed by atoms with Gasteiger partial charge in [-0.3, -0.25) is 4.79 Å². The number of aliphatic hydroxyl groups excluding tert-OH is 1. The molecule has 0 saturated carbocycles. The molecule has 7 heteroatoms. The van der Waals surface area contributed by atoms with Gasteiger partial charge in [-0.05, 0) is 43.4 Å². The molecule has 4 nitrogen and oxygen atoms in total. The molecular formula is C16H20F3NO3. The van der Waals surface area contributed by atoms with E-state index in [9.17, 15) is 23.1 Å². The number of halogens is 3. The fourth-order valence-electron chi connectivity index (χ4n) is 2.67. The maximum absolute atomic E-state index is 12.5. The Kier molecular flexibility index (Phi) is 5.51. The van der Waals surface area contributed by atoms with Crippen molar-refractivity contribution in [2.75, 3.05) is 19.7 Å². The zero-order valence-corrected chi connectivity index (χ0v) is 12.8. The first-order chi connectivity index (χ1) is 10.8. The van der Waals surface area contributed by atoms with Gasteiger partial charge in [0, 0.05) is 13.1 Å². The summed E-state index contributed by atoms with van der Waals surface area (Å²) in [6.45, 7) is 2.17. The SMILES string of the molecule is Cc1cccc(OCC(=O)N2CCC(C(O)C(F)(F)F)CC2)c1. The molecule has 1 aromatic rings. The summed E-state index contributed by atoms with van der Waals surface area (Å²) in [5, 5.41) is 9.26. The van der Waals surface area contributed by atoms with Gasteiger partial charge in [0.15, 0.2) is 12.7 Å². The van der Waals surface area contributed by atoms with Gasteiger partial charge in [-0.1, -0.05) is 12.1 Å². The van der Waals surface area contributed by atoms with Gasteiger partial charge in [0.25, 0.3) is 5.91 Å². The lowest BCUT2D eigenvalue weighted by atomic mass is 9.91. The van der Waals surface area contributed by atoms with Crippen molar-refractivity contribution in [2.24, 2.45) is 5.92 Å². The molecule has 1 aromatic carbocycles. The second kappa shape index (κ2) is 7.21. The number of amides is 1. The van der Waals surface area contributed by atoms with Crippen LogP contribution in [0.4, 0.5) is 13.2 Å². The molecule has 1 N–H and O–H groups in total. The fraction of sp³-hybridized carbons (Fsp3) is 0.562. The molecule has 128 valence electrons. The first kappa shape index (κ1) is 17.6. The number of hydrogen-bond acceptors (Lipinski definition) is 3. The number of aliphatic hydroxyl groups is 1. The van der Waals surface area contributed by atoms with Crippen LogP contribution in [0.25, 0.3) is 0 Å². The predicted molar refractivity (Wildman–Crippen MR) is 78.0 cm³/mol. The van der Waals surface area contributed by atoms with Gasteiger partial charge in [-0.25, -0.2) is 0 Å². The van der Waals surface area contributed by atoms with Crippen LogP contribution in [0, 0.1) is 12.8 Å². The van der Waals surface area contributed by atoms with E-state index in [0.717, 1.165) is 5.56 Å². The van der Waals surface area contributed by atoms with Crippen molar-refractivity contribution in [2.45, 2.75) is 32.0 Å². The molecule has 1 saturated heterocycles. The highest BCUT2D eigenvalue weighted by Crippen LogP contribution is 2.31. The van der Waals surface area contributed by atoms with Gasteiger partial charge >= 0.3 is 6.18 Å². The molecule has 1 fully saturated rings. The quantitative estimate of drug-likeness (QED) is 0.922. The van der Waals surface area contributed by atoms with Gasteiger partial charge in [0.1, 0.15) is 5.75 Å². The maximum atomic E-state index is 12.5. The van der Waals surface area contributed by atoms with Gasteiger partial charge in [0.2, 0.25) is 0 Å². The van der Waals surface area contributed by atoms with Crippen LogP contribution in [0.1, 0.15) is 18.4 Å². The molecule has 1 heterocycles. The molecule has 0 radical (unpaired) electrons. The summed E-state index contributed by atoms with van der Waals surface area (Å²) < 4.78 is 42.8. The van der Waals surface area contributed by atoms with Crippen LogP contribution in [0.2, 0.25) is 0 Å². The lowest BCUT2D eigenvalue weighted by Crippen LogP contribution is -2.46. The molecule has 0 spiro atoms. The first-order valence-corrected chi connectivity index (χ1v) is 7.49. The van der Waals surface area contributed by atoms with E-state index in [2.05, 4.69) is 0 Å². The molecule has 1 unspecified atom stereocenters. The van der Waals surface area contributed by atoms with Crippen LogP contribution < -0.4 is 4.74 Å². The van der Waals surface area contributed by atoms with Crippen molar-refractivity contribution in [1.29, 1.82) is 0 Å². The highest BCUT2D eigenvalue weighted by molar-refractivity contribution is 5.77. The van der Waals surface area contributed by atoms with Crippen molar-refractivity contribution in [3.63, 3.8) is 0 Å². The number of hydrogen-bond donors (Lipinski definition) is 1. The van der Waals surface area contributed by atoms with Crippen molar-refractivity contribution in [3.8, 4) is 5.75 Å². The molecule has 23 heavy (non-hydrogen) atoms. The zero-order chi connectivity index (χ0) is 17.0. The number of benzene rings is 1. The van der Waals surface area contributed by atoms with Gasteiger partial charge < -0.3 is 14.7 Å². The molecule has 1 aliphatic rings. The summed E-state index contributed by atoms with van der Waals surface area (Å²) in [5.74, 6) is -0.524. The Bertz CT molecular complexity index is 540. The maximum Gasteiger partial charge on any atom is 0.414 e. The van der Waals surface area contributed by atoms with E-state index in [1.807, 2.05) is 19.1 Å². The summed E-state index contributed by atoms with van der Waals surface area (Å²) in [4.78, 5) is 13.5. The molecular weight excluding hydrogens is 311 g/mol. The number of aryl methyl sites for hydroxylation is 1. The molecule has 0 aliphatic carbocycles. The van der Waals surface area contributed by atoms with Crippen LogP contribution in [0.15, 0.2) is 24.3 Å². The monoisotopic (exact) mass is 331 g/mol. The number of carbonyl (C=O) groups is 1. The van der Waals surface area contributed by atoms with E-state index in [1.165, 1.54) is 4.90 Å². The number of rotatable bonds is 4. The summed E-state index contributed by atoms with van der Waals surface area (Å²) in [6.07, 6.45) is -6.65. The third-order valence-electron chi connectivity index (χ3n) is 4.03. The Morgan fingerprint density at radius 1 is 1.39 bits per heavy atom. The van der Waals surface area contributed by atoms with E-state index in [0.29, 0.717) is 5.75 Å². The number of alkyl halides is 3. The van der Waals surface area contributed by atoms with Crippen LogP contribution in [0.5, 0.6) is 5.75 Å². The standard InChI is InChI=1S/C16H20F3NO3/c1-11-3-2-4-13(9-11)23-10-14(21)20-7-5-12(6-8-20)15(22)16(17,18)19/h2-4,9,12,15,22H,5-8,10H2,1H3. The molecule has 1 aliphatic heterocycles. The lowest BCUT2D eigenvalue weighted by Gasteiger charge is -2.34. The normalized spacial score (nSPS) is 17.9. The van der Waals surface area contributed by atoms with Crippen molar-refractivity contribution in [1.82, 2.24) is 4.90 Å². The largest absolute Gasteiger partial charge is 0.484 e. The van der Waals surface area contributed by atoms with Crippen LogP contribution in [-0.4, -0.2) is 47.9 Å². The third-order valence-corrected chi connectivity index (χ3v) is 4.03.